The van der Waals surface area contributed by atoms with Crippen molar-refractivity contribution < 1.29 is 0 Å². The maximum atomic E-state index is 6.21. The number of nitrogens with zero attached hydrogens (tertiary/aromatic N) is 6. The van der Waals surface area contributed by atoms with Gasteiger partial charge in [-0.05, 0) is 34.7 Å². The zero-order valence-electron chi connectivity index (χ0n) is 14.1. The molecule has 4 aromatic rings. The van der Waals surface area contributed by atoms with Gasteiger partial charge in [-0.15, -0.1) is 5.10 Å². The van der Waals surface area contributed by atoms with E-state index in [1.807, 2.05) is 36.4 Å². The number of nitrogens with one attached hydrogen (secondary N) is 1. The van der Waals surface area contributed by atoms with Crippen LogP contribution in [0.5, 0.6) is 0 Å². The summed E-state index contributed by atoms with van der Waals surface area (Å²) in [6, 6.07) is 14.9. The average molecular weight is 398 g/mol. The molecule has 0 amide bonds. The van der Waals surface area contributed by atoms with Crippen LogP contribution in [0.25, 0.3) is 28.3 Å². The summed E-state index contributed by atoms with van der Waals surface area (Å²) in [6.45, 7) is 0. The van der Waals surface area contributed by atoms with Crippen molar-refractivity contribution in [3.8, 4) is 28.3 Å². The van der Waals surface area contributed by atoms with Crippen molar-refractivity contribution in [3.63, 3.8) is 0 Å². The van der Waals surface area contributed by atoms with Gasteiger partial charge in [0.2, 0.25) is 5.95 Å². The lowest BCUT2D eigenvalue weighted by Crippen LogP contribution is -2.04. The van der Waals surface area contributed by atoms with Crippen LogP contribution in [-0.4, -0.2) is 37.2 Å². The molecule has 2 aromatic heterocycles. The van der Waals surface area contributed by atoms with Crippen molar-refractivity contribution in [2.75, 3.05) is 12.4 Å². The molecular weight excluding hydrogens is 385 g/mol. The van der Waals surface area contributed by atoms with Gasteiger partial charge in [0.25, 0.3) is 0 Å². The molecule has 0 saturated heterocycles. The molecule has 0 bridgehead atoms. The first-order valence-electron chi connectivity index (χ1n) is 8.02. The van der Waals surface area contributed by atoms with Gasteiger partial charge in [0.15, 0.2) is 5.82 Å². The fourth-order valence-electron chi connectivity index (χ4n) is 2.63. The smallest absolute Gasteiger partial charge is 0.222 e. The summed E-state index contributed by atoms with van der Waals surface area (Å²) >= 11 is 12.3. The van der Waals surface area contributed by atoms with E-state index in [2.05, 4.69) is 30.8 Å². The van der Waals surface area contributed by atoms with Crippen LogP contribution < -0.4 is 5.32 Å². The molecule has 2 aromatic carbocycles. The van der Waals surface area contributed by atoms with Crippen molar-refractivity contribution >= 4 is 29.2 Å². The Kier molecular flexibility index (Phi) is 4.70. The first-order valence-corrected chi connectivity index (χ1v) is 8.77. The zero-order valence-corrected chi connectivity index (χ0v) is 15.6. The van der Waals surface area contributed by atoms with Gasteiger partial charge < -0.3 is 5.32 Å². The molecule has 9 heteroatoms. The molecule has 134 valence electrons. The Morgan fingerprint density at radius 3 is 2.56 bits per heavy atom. The number of para-hydroxylation sites is 1. The lowest BCUT2D eigenvalue weighted by molar-refractivity contribution is 0.791. The van der Waals surface area contributed by atoms with E-state index in [4.69, 9.17) is 23.2 Å². The second-order valence-corrected chi connectivity index (χ2v) is 6.40. The summed E-state index contributed by atoms with van der Waals surface area (Å²) in [5.74, 6) is 0.989. The third-order valence-electron chi connectivity index (χ3n) is 3.92. The highest BCUT2D eigenvalue weighted by atomic mass is 35.5. The molecule has 1 N–H and O–H groups in total. The molecule has 4 rings (SSSR count). The highest BCUT2D eigenvalue weighted by Crippen LogP contribution is 2.33. The van der Waals surface area contributed by atoms with Crippen LogP contribution in [-0.2, 0) is 0 Å². The second kappa shape index (κ2) is 7.30. The van der Waals surface area contributed by atoms with Crippen molar-refractivity contribution in [1.82, 2.24) is 30.2 Å². The standard InChI is InChI=1S/C18H13Cl2N7/c1-21-18-22-10-13(16(23-18)11-7-8-14(19)15(20)9-11)17-24-25-26-27(17)12-5-3-2-4-6-12/h2-10H,1H3,(H,21,22,23). The van der Waals surface area contributed by atoms with Crippen molar-refractivity contribution in [1.29, 1.82) is 0 Å². The summed E-state index contributed by atoms with van der Waals surface area (Å²) in [5.41, 5.74) is 2.91. The number of halogens is 2. The number of aromatic nitrogens is 6. The van der Waals surface area contributed by atoms with Gasteiger partial charge in [0.1, 0.15) is 0 Å². The number of rotatable bonds is 4. The van der Waals surface area contributed by atoms with Gasteiger partial charge in [0, 0.05) is 18.8 Å². The Bertz CT molecular complexity index is 1100. The van der Waals surface area contributed by atoms with E-state index in [1.165, 1.54) is 0 Å². The SMILES string of the molecule is CNc1ncc(-c2nnnn2-c2ccccc2)c(-c2ccc(Cl)c(Cl)c2)n1. The van der Waals surface area contributed by atoms with Crippen LogP contribution in [0.2, 0.25) is 10.0 Å². The fraction of sp³-hybridized carbons (Fsp3) is 0.0556. The normalized spacial score (nSPS) is 10.8. The first-order chi connectivity index (χ1) is 13.2. The Morgan fingerprint density at radius 1 is 1.00 bits per heavy atom. The maximum Gasteiger partial charge on any atom is 0.222 e. The minimum Gasteiger partial charge on any atom is -0.357 e. The van der Waals surface area contributed by atoms with Crippen LogP contribution >= 0.6 is 23.2 Å². The third-order valence-corrected chi connectivity index (χ3v) is 4.66. The molecule has 0 atom stereocenters. The maximum absolute atomic E-state index is 6.21. The molecule has 0 spiro atoms. The topological polar surface area (TPSA) is 81.4 Å². The minimum atomic E-state index is 0.437. The summed E-state index contributed by atoms with van der Waals surface area (Å²) in [6.07, 6.45) is 1.68. The number of anilines is 1. The van der Waals surface area contributed by atoms with Gasteiger partial charge in [-0.1, -0.05) is 47.5 Å². The summed E-state index contributed by atoms with van der Waals surface area (Å²) in [7, 11) is 1.75. The predicted molar refractivity (Wildman–Crippen MR) is 105 cm³/mol. The molecule has 0 radical (unpaired) electrons. The molecule has 0 unspecified atom stereocenters. The van der Waals surface area contributed by atoms with E-state index in [1.54, 1.807) is 30.1 Å². The van der Waals surface area contributed by atoms with Gasteiger partial charge in [-0.2, -0.15) is 4.68 Å². The number of tetrazole rings is 1. The lowest BCUT2D eigenvalue weighted by atomic mass is 10.1. The van der Waals surface area contributed by atoms with E-state index < -0.39 is 0 Å². The van der Waals surface area contributed by atoms with Crippen LogP contribution in [0.4, 0.5) is 5.95 Å². The Morgan fingerprint density at radius 2 is 1.81 bits per heavy atom. The highest BCUT2D eigenvalue weighted by molar-refractivity contribution is 6.42. The fourth-order valence-corrected chi connectivity index (χ4v) is 2.93. The number of hydrogen-bond donors (Lipinski definition) is 1. The monoisotopic (exact) mass is 397 g/mol. The molecule has 0 saturated carbocycles. The number of hydrogen-bond acceptors (Lipinski definition) is 6. The molecule has 2 heterocycles. The van der Waals surface area contributed by atoms with Crippen LogP contribution in [0.3, 0.4) is 0 Å². The average Bonchev–Trinajstić information content (AvgIpc) is 3.20. The summed E-state index contributed by atoms with van der Waals surface area (Å²) in [4.78, 5) is 8.91. The van der Waals surface area contributed by atoms with E-state index in [-0.39, 0.29) is 0 Å². The summed E-state index contributed by atoms with van der Waals surface area (Å²) in [5, 5.41) is 16.0. The Labute approximate surface area is 165 Å². The van der Waals surface area contributed by atoms with Crippen LogP contribution in [0, 0.1) is 0 Å². The zero-order chi connectivity index (χ0) is 18.8. The third kappa shape index (κ3) is 3.34. The first kappa shape index (κ1) is 17.4. The van der Waals surface area contributed by atoms with E-state index in [9.17, 15) is 0 Å². The van der Waals surface area contributed by atoms with Crippen molar-refractivity contribution in [2.24, 2.45) is 0 Å². The lowest BCUT2D eigenvalue weighted by Gasteiger charge is -2.11. The molecule has 0 aliphatic heterocycles. The Balaban J connectivity index is 1.92. The minimum absolute atomic E-state index is 0.437. The molecule has 27 heavy (non-hydrogen) atoms. The molecular formula is C18H13Cl2N7. The molecule has 7 nitrogen and oxygen atoms in total. The molecule has 0 fully saturated rings. The largest absolute Gasteiger partial charge is 0.357 e. The van der Waals surface area contributed by atoms with Crippen molar-refractivity contribution in [3.05, 3.63) is 64.8 Å². The predicted octanol–water partition coefficient (Wildman–Crippen LogP) is 4.13. The van der Waals surface area contributed by atoms with Crippen LogP contribution in [0.15, 0.2) is 54.7 Å². The Hall–Kier alpha value is -3.03. The molecule has 0 aliphatic rings. The van der Waals surface area contributed by atoms with Gasteiger partial charge in [0.05, 0.1) is 27.0 Å². The van der Waals surface area contributed by atoms with Gasteiger partial charge >= 0.3 is 0 Å². The quantitative estimate of drug-likeness (QED) is 0.557. The van der Waals surface area contributed by atoms with E-state index >= 15 is 0 Å². The second-order valence-electron chi connectivity index (χ2n) is 5.58. The molecule has 0 aliphatic carbocycles. The van der Waals surface area contributed by atoms with Crippen LogP contribution in [0.1, 0.15) is 0 Å². The highest BCUT2D eigenvalue weighted by Gasteiger charge is 2.19. The summed E-state index contributed by atoms with van der Waals surface area (Å²) < 4.78 is 1.64. The van der Waals surface area contributed by atoms with E-state index in [0.717, 1.165) is 11.3 Å². The number of benzene rings is 2. The van der Waals surface area contributed by atoms with Gasteiger partial charge in [-0.3, -0.25) is 0 Å². The van der Waals surface area contributed by atoms with Gasteiger partial charge in [-0.25, -0.2) is 9.97 Å². The van der Waals surface area contributed by atoms with E-state index in [0.29, 0.717) is 33.1 Å². The van der Waals surface area contributed by atoms with Crippen molar-refractivity contribution in [2.45, 2.75) is 0 Å².